The number of methoxy groups -OCH3 is 1. The number of carbonyl (C=O) groups is 2. The summed E-state index contributed by atoms with van der Waals surface area (Å²) in [4.78, 5) is 25.3. The highest BCUT2D eigenvalue weighted by atomic mass is 16.7. The fourth-order valence-electron chi connectivity index (χ4n) is 8.43. The van der Waals surface area contributed by atoms with Crippen molar-refractivity contribution in [1.82, 2.24) is 5.32 Å². The molecule has 3 fully saturated rings. The first-order chi connectivity index (χ1) is 31.3. The molecule has 19 atom stereocenters. The molecule has 0 radical (unpaired) electrons. The summed E-state index contributed by atoms with van der Waals surface area (Å²) in [7, 11) is 1.37. The van der Waals surface area contributed by atoms with Crippen molar-refractivity contribution in [2.75, 3.05) is 7.11 Å². The van der Waals surface area contributed by atoms with Crippen molar-refractivity contribution in [2.45, 2.75) is 183 Å². The zero-order valence-corrected chi connectivity index (χ0v) is 38.6. The molecule has 0 spiro atoms. The van der Waals surface area contributed by atoms with Crippen LogP contribution in [0.5, 0.6) is 0 Å². The summed E-state index contributed by atoms with van der Waals surface area (Å²) in [6.45, 7) is 6.88. The Morgan fingerprint density at radius 1 is 0.652 bits per heavy atom. The van der Waals surface area contributed by atoms with Crippen LogP contribution in [0.25, 0.3) is 0 Å². The summed E-state index contributed by atoms with van der Waals surface area (Å²) in [6.07, 6.45) is 8.35. The lowest BCUT2D eigenvalue weighted by molar-refractivity contribution is -0.306. The number of nitrogens with one attached hydrogen (secondary N) is 1. The van der Waals surface area contributed by atoms with E-state index in [-0.39, 0.29) is 50.9 Å². The van der Waals surface area contributed by atoms with Crippen LogP contribution in [-0.4, -0.2) is 164 Å². The second kappa shape index (κ2) is 26.8. The molecular formula is C48H74N2O16. The molecule has 3 saturated heterocycles. The van der Waals surface area contributed by atoms with Gasteiger partial charge in [-0.15, -0.1) is 0 Å². The molecule has 11 N–H and O–H groups in total. The molecule has 0 aromatic carbocycles. The van der Waals surface area contributed by atoms with Crippen molar-refractivity contribution in [2.24, 2.45) is 17.6 Å². The minimum atomic E-state index is -1.55. The van der Waals surface area contributed by atoms with Crippen LogP contribution in [-0.2, 0) is 33.2 Å². The van der Waals surface area contributed by atoms with Crippen LogP contribution in [0, 0.1) is 11.8 Å². The van der Waals surface area contributed by atoms with Gasteiger partial charge in [-0.1, -0.05) is 98.9 Å². The second-order valence-corrected chi connectivity index (χ2v) is 17.9. The van der Waals surface area contributed by atoms with E-state index in [0.29, 0.717) is 0 Å². The van der Waals surface area contributed by atoms with Gasteiger partial charge in [-0.05, 0) is 33.1 Å². The average molecular weight is 935 g/mol. The Hall–Kier alpha value is -3.60. The maximum atomic E-state index is 12.7. The Morgan fingerprint density at radius 2 is 1.26 bits per heavy atom. The predicted molar refractivity (Wildman–Crippen MR) is 242 cm³/mol. The largest absolute Gasteiger partial charge is 0.462 e. The van der Waals surface area contributed by atoms with Crippen molar-refractivity contribution in [3.63, 3.8) is 0 Å². The van der Waals surface area contributed by atoms with Gasteiger partial charge < -0.3 is 80.3 Å². The predicted octanol–water partition coefficient (Wildman–Crippen LogP) is 1.78. The van der Waals surface area contributed by atoms with Crippen LogP contribution in [0.15, 0.2) is 85.1 Å². The van der Waals surface area contributed by atoms with Crippen LogP contribution in [0.1, 0.15) is 79.1 Å². The molecule has 4 heterocycles. The topological polar surface area (TPSA) is 289 Å². The van der Waals surface area contributed by atoms with E-state index in [1.165, 1.54) is 7.11 Å². The molecule has 372 valence electrons. The van der Waals surface area contributed by atoms with Crippen LogP contribution in [0.2, 0.25) is 0 Å². The van der Waals surface area contributed by atoms with E-state index in [4.69, 9.17) is 34.2 Å². The first-order valence-corrected chi connectivity index (χ1v) is 22.9. The monoisotopic (exact) mass is 935 g/mol. The highest BCUT2D eigenvalue weighted by molar-refractivity contribution is 5.70. The summed E-state index contributed by atoms with van der Waals surface area (Å²) in [5, 5.41) is 89.2. The zero-order valence-electron chi connectivity index (χ0n) is 38.6. The number of carbonyl (C=O) groups excluding carboxylic acids is 2. The van der Waals surface area contributed by atoms with Crippen molar-refractivity contribution in [3.05, 3.63) is 85.1 Å². The molecule has 0 saturated carbocycles. The van der Waals surface area contributed by atoms with Gasteiger partial charge in [0.1, 0.15) is 18.3 Å². The van der Waals surface area contributed by atoms with Crippen molar-refractivity contribution < 1.29 is 78.9 Å². The van der Waals surface area contributed by atoms with Gasteiger partial charge >= 0.3 is 12.1 Å². The first-order valence-electron chi connectivity index (χ1n) is 22.9. The first kappa shape index (κ1) is 55.0. The number of fused-ring (bicyclic) bond motifs is 4. The minimum Gasteiger partial charge on any atom is -0.462 e. The van der Waals surface area contributed by atoms with Gasteiger partial charge in [-0.25, -0.2) is 4.79 Å². The molecule has 18 heteroatoms. The number of aliphatic hydroxyl groups excluding tert-OH is 8. The van der Waals surface area contributed by atoms with E-state index in [1.807, 2.05) is 67.7 Å². The average Bonchev–Trinajstić information content (AvgIpc) is 3.64. The maximum absolute atomic E-state index is 12.7. The van der Waals surface area contributed by atoms with Crippen molar-refractivity contribution in [1.29, 1.82) is 0 Å². The van der Waals surface area contributed by atoms with E-state index < -0.39 is 128 Å². The molecule has 4 aliphatic rings. The fourth-order valence-corrected chi connectivity index (χ4v) is 8.43. The lowest BCUT2D eigenvalue weighted by Gasteiger charge is -2.46. The number of allylic oxidation sites excluding steroid dienone is 12. The molecule has 18 nitrogen and oxygen atoms in total. The van der Waals surface area contributed by atoms with Gasteiger partial charge in [0.25, 0.3) is 0 Å². The minimum absolute atomic E-state index is 0.00367. The van der Waals surface area contributed by atoms with E-state index in [0.717, 1.165) is 0 Å². The molecule has 66 heavy (non-hydrogen) atoms. The molecule has 0 aliphatic carbocycles. The Bertz CT molecular complexity index is 1720. The van der Waals surface area contributed by atoms with Crippen molar-refractivity contribution in [3.8, 4) is 0 Å². The maximum Gasteiger partial charge on any atom is 0.407 e. The number of cyclic esters (lactones) is 1. The Labute approximate surface area is 387 Å². The van der Waals surface area contributed by atoms with E-state index in [2.05, 4.69) is 5.32 Å². The molecule has 4 rings (SSSR count). The third-order valence-corrected chi connectivity index (χ3v) is 12.6. The molecule has 4 aliphatic heterocycles. The number of hydrogen-bond acceptors (Lipinski definition) is 17. The van der Waals surface area contributed by atoms with E-state index >= 15 is 0 Å². The van der Waals surface area contributed by atoms with Gasteiger partial charge in [0.15, 0.2) is 12.1 Å². The molecule has 10 unspecified atom stereocenters. The Balaban J connectivity index is 1.55. The van der Waals surface area contributed by atoms with Crippen LogP contribution < -0.4 is 11.1 Å². The molecule has 1 amide bonds. The number of alkyl carbamates (subject to hydrolysis) is 1. The van der Waals surface area contributed by atoms with E-state index in [1.54, 1.807) is 45.1 Å². The zero-order chi connectivity index (χ0) is 48.6. The lowest BCUT2D eigenvalue weighted by Crippen LogP contribution is -2.62. The van der Waals surface area contributed by atoms with Gasteiger partial charge in [0.05, 0.1) is 79.5 Å². The summed E-state index contributed by atoms with van der Waals surface area (Å²) in [5.74, 6) is -2.94. The Kier molecular flexibility index (Phi) is 22.3. The number of nitrogens with two attached hydrogens (primary N) is 1. The van der Waals surface area contributed by atoms with Gasteiger partial charge in [-0.3, -0.25) is 4.79 Å². The van der Waals surface area contributed by atoms with E-state index in [9.17, 15) is 50.4 Å². The third kappa shape index (κ3) is 16.9. The Morgan fingerprint density at radius 3 is 1.88 bits per heavy atom. The van der Waals surface area contributed by atoms with Crippen LogP contribution in [0.4, 0.5) is 4.79 Å². The fraction of sp³-hybridized carbons (Fsp3) is 0.667. The highest BCUT2D eigenvalue weighted by Gasteiger charge is 2.54. The number of rotatable bonds is 3. The highest BCUT2D eigenvalue weighted by Crippen LogP contribution is 2.40. The molecule has 0 aromatic rings. The van der Waals surface area contributed by atoms with Gasteiger partial charge in [0.2, 0.25) is 0 Å². The normalized spacial score (nSPS) is 45.7. The number of aliphatic hydroxyl groups is 8. The molecular weight excluding hydrogens is 861 g/mol. The number of esters is 1. The summed E-state index contributed by atoms with van der Waals surface area (Å²) in [5.41, 5.74) is 6.10. The smallest absolute Gasteiger partial charge is 0.407 e. The molecule has 2 bridgehead atoms. The number of amides is 1. The van der Waals surface area contributed by atoms with Gasteiger partial charge in [0, 0.05) is 44.6 Å². The van der Waals surface area contributed by atoms with Gasteiger partial charge in [-0.2, -0.15) is 0 Å². The third-order valence-electron chi connectivity index (χ3n) is 12.6. The lowest BCUT2D eigenvalue weighted by atomic mass is 9.87. The number of ether oxygens (including phenoxy) is 6. The SMILES string of the molecule is COC12CC(O)CC(O)C(O)CCC(O)CC(O)CC(=O)O[C@@H](C)[C@H](C)C(O)[C@@H](C)/C=C/C=C/C=C/C=C/C=C/C=C/C=C/C(OC3O[C@H](C)[C@@H](O)[C@H](N)[C@@H]3O)C[C@H](O1)C1NC(=O)O[C@H]1C2. The van der Waals surface area contributed by atoms with Crippen LogP contribution >= 0.6 is 0 Å². The summed E-state index contributed by atoms with van der Waals surface area (Å²) >= 11 is 0. The van der Waals surface area contributed by atoms with Crippen LogP contribution in [0.3, 0.4) is 0 Å². The standard InChI is InChI=1S/C48H74N2O16/c1-28-18-16-14-12-10-8-6-7-9-11-13-15-17-19-35(64-46-45(59)41(49)44(58)31(4)63-46)25-38-42-39(65-47(60)50-42)27-48(61-5,66-38)26-34(53)23-37(55)36(54)21-20-32(51)22-33(52)24-40(56)62-30(3)29(2)43(28)57/h6-19,28-39,41-46,51-55,57-59H,20-27,49H2,1-5H3,(H,50,60)/b7-6+,10-8+,11-9+,14-12+,15-13+,18-16+,19-17+/t28-,29-,30-,31+,32?,33?,34?,35?,36?,37?,38-,39-,41-,42?,43?,44+,45-,46?,48?/m0/s1. The second-order valence-electron chi connectivity index (χ2n) is 17.9. The summed E-state index contributed by atoms with van der Waals surface area (Å²) in [6, 6.07) is -1.74. The quantitative estimate of drug-likeness (QED) is 0.181. The summed E-state index contributed by atoms with van der Waals surface area (Å²) < 4.78 is 35.6. The molecule has 0 aromatic heterocycles. The van der Waals surface area contributed by atoms with Crippen molar-refractivity contribution >= 4 is 12.1 Å². The number of hydrogen-bond donors (Lipinski definition) is 10.